The maximum atomic E-state index is 15.1. The highest BCUT2D eigenvalue weighted by Gasteiger charge is 2.27. The van der Waals surface area contributed by atoms with Gasteiger partial charge in [-0.25, -0.2) is 12.8 Å². The van der Waals surface area contributed by atoms with Crippen LogP contribution in [0.3, 0.4) is 0 Å². The van der Waals surface area contributed by atoms with Gasteiger partial charge >= 0.3 is 0 Å². The van der Waals surface area contributed by atoms with Crippen LogP contribution >= 0.6 is 0 Å². The Morgan fingerprint density at radius 2 is 1.71 bits per heavy atom. The van der Waals surface area contributed by atoms with E-state index in [1.165, 1.54) is 6.07 Å². The Morgan fingerprint density at radius 3 is 2.40 bits per heavy atom. The summed E-state index contributed by atoms with van der Waals surface area (Å²) in [4.78, 5) is 27.5. The quantitative estimate of drug-likeness (QED) is 0.295. The Labute approximate surface area is 243 Å². The number of amides is 2. The number of nitrogen functional groups attached to an aromatic ring is 1. The van der Waals surface area contributed by atoms with Gasteiger partial charge in [-0.15, -0.1) is 0 Å². The number of carbonyl (C=O) groups excluding carboxylic acids is 2. The van der Waals surface area contributed by atoms with E-state index in [4.69, 9.17) is 10.5 Å². The number of hydrogen-bond acceptors (Lipinski definition) is 6. The summed E-state index contributed by atoms with van der Waals surface area (Å²) in [6.07, 6.45) is 1.10. The third kappa shape index (κ3) is 5.84. The molecule has 5 rings (SSSR count). The van der Waals surface area contributed by atoms with E-state index in [1.807, 2.05) is 30.3 Å². The summed E-state index contributed by atoms with van der Waals surface area (Å²) in [7, 11) is -3.78. The molecule has 0 saturated heterocycles. The lowest BCUT2D eigenvalue weighted by Gasteiger charge is -2.22. The van der Waals surface area contributed by atoms with Crippen LogP contribution in [0.1, 0.15) is 38.8 Å². The van der Waals surface area contributed by atoms with Gasteiger partial charge in [0.05, 0.1) is 17.9 Å². The van der Waals surface area contributed by atoms with Crippen molar-refractivity contribution >= 4 is 33.0 Å². The molecule has 10 heteroatoms. The second-order valence-electron chi connectivity index (χ2n) is 10.0. The van der Waals surface area contributed by atoms with Crippen LogP contribution in [0, 0.1) is 5.82 Å². The van der Waals surface area contributed by atoms with Crippen LogP contribution < -0.4 is 15.8 Å². The predicted octanol–water partition coefficient (Wildman–Crippen LogP) is 5.33. The molecule has 1 heterocycles. The van der Waals surface area contributed by atoms with Crippen LogP contribution in [-0.4, -0.2) is 44.5 Å². The van der Waals surface area contributed by atoms with Crippen molar-refractivity contribution in [1.82, 2.24) is 4.90 Å². The van der Waals surface area contributed by atoms with Crippen LogP contribution in [0.15, 0.2) is 83.8 Å². The summed E-state index contributed by atoms with van der Waals surface area (Å²) in [5, 5.41) is 2.81. The number of fused-ring (bicyclic) bond motifs is 1. The predicted molar refractivity (Wildman–Crippen MR) is 160 cm³/mol. The Hall–Kier alpha value is -4.70. The van der Waals surface area contributed by atoms with Crippen molar-refractivity contribution in [3.63, 3.8) is 0 Å². The number of hydrogen-bond donors (Lipinski definition) is 2. The molecule has 2 amide bonds. The fourth-order valence-corrected chi connectivity index (χ4v) is 5.73. The molecule has 0 fully saturated rings. The molecule has 1 aliphatic heterocycles. The molecule has 0 saturated carbocycles. The van der Waals surface area contributed by atoms with Crippen molar-refractivity contribution < 1.29 is 27.1 Å². The molecule has 0 unspecified atom stereocenters. The normalized spacial score (nSPS) is 13.1. The molecular weight excluding hydrogens is 557 g/mol. The van der Waals surface area contributed by atoms with E-state index in [0.29, 0.717) is 22.7 Å². The molecular formula is C32H30FN3O5S. The molecule has 4 aromatic carbocycles. The maximum absolute atomic E-state index is 15.1. The van der Waals surface area contributed by atoms with Crippen molar-refractivity contribution in [2.24, 2.45) is 0 Å². The SMILES string of the molecule is CCc1c(C(=O)N2CCOc3ccc(-c4ccc(C(=O)Nc5ccccc5N)cc4)cc3C2)ccc(S(C)(=O)=O)c1F. The lowest BCUT2D eigenvalue weighted by atomic mass is 10.00. The van der Waals surface area contributed by atoms with Gasteiger partial charge in [-0.3, -0.25) is 9.59 Å². The van der Waals surface area contributed by atoms with Gasteiger partial charge in [-0.1, -0.05) is 37.3 Å². The summed E-state index contributed by atoms with van der Waals surface area (Å²) < 4.78 is 45.0. The molecule has 0 radical (unpaired) electrons. The van der Waals surface area contributed by atoms with Crippen LogP contribution in [0.4, 0.5) is 15.8 Å². The highest BCUT2D eigenvalue weighted by molar-refractivity contribution is 7.90. The summed E-state index contributed by atoms with van der Waals surface area (Å²) in [6, 6.07) is 22.4. The highest BCUT2D eigenvalue weighted by atomic mass is 32.2. The Kier molecular flexibility index (Phi) is 8.00. The molecule has 1 aliphatic rings. The number of nitrogens with two attached hydrogens (primary N) is 1. The first kappa shape index (κ1) is 28.8. The number of ether oxygens (including phenoxy) is 1. The molecule has 0 spiro atoms. The average Bonchev–Trinajstić information content (AvgIpc) is 3.19. The maximum Gasteiger partial charge on any atom is 0.255 e. The standard InChI is InChI=1S/C32H30FN3O5S/c1-3-24-25(13-15-29(30(24)33)42(2,39)40)32(38)36-16-17-41-28-14-12-22(18-23(28)19-36)20-8-10-21(11-9-20)31(37)35-27-7-5-4-6-26(27)34/h4-15,18H,3,16-17,19,34H2,1-2H3,(H,35,37). The molecule has 0 bridgehead atoms. The number of benzene rings is 4. The number of anilines is 2. The lowest BCUT2D eigenvalue weighted by molar-refractivity contribution is 0.0731. The van der Waals surface area contributed by atoms with E-state index in [9.17, 15) is 18.0 Å². The van der Waals surface area contributed by atoms with E-state index in [1.54, 1.807) is 48.2 Å². The van der Waals surface area contributed by atoms with Crippen molar-refractivity contribution in [3.05, 3.63) is 107 Å². The zero-order valence-electron chi connectivity index (χ0n) is 23.2. The van der Waals surface area contributed by atoms with Crippen LogP contribution in [0.25, 0.3) is 11.1 Å². The summed E-state index contributed by atoms with van der Waals surface area (Å²) in [5.41, 5.74) is 10.1. The third-order valence-corrected chi connectivity index (χ3v) is 8.32. The fourth-order valence-electron chi connectivity index (χ4n) is 4.97. The fraction of sp³-hybridized carbons (Fsp3) is 0.188. The van der Waals surface area contributed by atoms with E-state index in [2.05, 4.69) is 5.32 Å². The van der Waals surface area contributed by atoms with Crippen LogP contribution in [0.5, 0.6) is 5.75 Å². The van der Waals surface area contributed by atoms with Gasteiger partial charge in [0.25, 0.3) is 11.8 Å². The van der Waals surface area contributed by atoms with Crippen molar-refractivity contribution in [1.29, 1.82) is 0 Å². The molecule has 0 atom stereocenters. The van der Waals surface area contributed by atoms with Gasteiger partial charge in [0, 0.05) is 35.1 Å². The Morgan fingerprint density at radius 1 is 1.00 bits per heavy atom. The molecule has 0 aromatic heterocycles. The second-order valence-corrected chi connectivity index (χ2v) is 12.0. The first-order valence-electron chi connectivity index (χ1n) is 13.4. The molecule has 42 heavy (non-hydrogen) atoms. The van der Waals surface area contributed by atoms with E-state index < -0.39 is 26.5 Å². The van der Waals surface area contributed by atoms with Crippen molar-refractivity contribution in [2.75, 3.05) is 30.5 Å². The highest BCUT2D eigenvalue weighted by Crippen LogP contribution is 2.31. The summed E-state index contributed by atoms with van der Waals surface area (Å²) in [6.45, 7) is 2.43. The number of rotatable bonds is 6. The van der Waals surface area contributed by atoms with E-state index >= 15 is 4.39 Å². The van der Waals surface area contributed by atoms with E-state index in [-0.39, 0.29) is 43.2 Å². The number of halogens is 1. The number of nitrogens with zero attached hydrogens (tertiary/aromatic N) is 1. The van der Waals surface area contributed by atoms with Gasteiger partial charge in [-0.2, -0.15) is 0 Å². The largest absolute Gasteiger partial charge is 0.491 e. The minimum Gasteiger partial charge on any atom is -0.491 e. The van der Waals surface area contributed by atoms with Crippen molar-refractivity contribution in [2.45, 2.75) is 24.8 Å². The molecule has 3 N–H and O–H groups in total. The number of nitrogens with one attached hydrogen (secondary N) is 1. The minimum absolute atomic E-state index is 0.0705. The van der Waals surface area contributed by atoms with Gasteiger partial charge < -0.3 is 20.7 Å². The number of sulfone groups is 1. The summed E-state index contributed by atoms with van der Waals surface area (Å²) >= 11 is 0. The minimum atomic E-state index is -3.78. The number of para-hydroxylation sites is 2. The Bertz CT molecular complexity index is 1790. The zero-order valence-corrected chi connectivity index (χ0v) is 24.0. The first-order valence-corrected chi connectivity index (χ1v) is 15.3. The monoisotopic (exact) mass is 587 g/mol. The van der Waals surface area contributed by atoms with Gasteiger partial charge in [0.2, 0.25) is 0 Å². The molecule has 216 valence electrons. The molecule has 4 aromatic rings. The van der Waals surface area contributed by atoms with Crippen LogP contribution in [-0.2, 0) is 22.8 Å². The molecule has 0 aliphatic carbocycles. The third-order valence-electron chi connectivity index (χ3n) is 7.21. The van der Waals surface area contributed by atoms with E-state index in [0.717, 1.165) is 29.0 Å². The summed E-state index contributed by atoms with van der Waals surface area (Å²) in [5.74, 6) is -0.928. The second kappa shape index (κ2) is 11.7. The first-order chi connectivity index (χ1) is 20.1. The number of carbonyl (C=O) groups is 2. The zero-order chi connectivity index (χ0) is 30.0. The Balaban J connectivity index is 1.37. The van der Waals surface area contributed by atoms with Gasteiger partial charge in [-0.05, 0) is 66.1 Å². The smallest absolute Gasteiger partial charge is 0.255 e. The lowest BCUT2D eigenvalue weighted by Crippen LogP contribution is -2.33. The average molecular weight is 588 g/mol. The topological polar surface area (TPSA) is 119 Å². The molecule has 8 nitrogen and oxygen atoms in total. The van der Waals surface area contributed by atoms with Crippen molar-refractivity contribution in [3.8, 4) is 16.9 Å². The van der Waals surface area contributed by atoms with Crippen LogP contribution in [0.2, 0.25) is 0 Å². The van der Waals surface area contributed by atoms with Gasteiger partial charge in [0.15, 0.2) is 9.84 Å². The van der Waals surface area contributed by atoms with Gasteiger partial charge in [0.1, 0.15) is 23.1 Å².